The number of aromatic amines is 1. The number of aliphatic hydroxyl groups excluding tert-OH is 1. The van der Waals surface area contributed by atoms with Crippen molar-refractivity contribution in [3.8, 4) is 0 Å². The van der Waals surface area contributed by atoms with Crippen LogP contribution in [0.4, 0.5) is 0 Å². The highest BCUT2D eigenvalue weighted by Crippen LogP contribution is 1.94. The molecular weight excluding hydrogens is 242 g/mol. The first-order valence-corrected chi connectivity index (χ1v) is 5.63. The molecule has 0 aliphatic rings. The lowest BCUT2D eigenvalue weighted by molar-refractivity contribution is 0.0260. The lowest BCUT2D eigenvalue weighted by Crippen LogP contribution is -2.30. The second kappa shape index (κ2) is 9.41. The Hall–Kier alpha value is -0.620. The van der Waals surface area contributed by atoms with E-state index in [1.807, 2.05) is 6.07 Å². The average molecular weight is 264 g/mol. The van der Waals surface area contributed by atoms with E-state index in [2.05, 4.69) is 29.4 Å². The van der Waals surface area contributed by atoms with Crippen LogP contribution < -0.4 is 5.32 Å². The van der Waals surface area contributed by atoms with Gasteiger partial charge in [0.15, 0.2) is 0 Å². The lowest BCUT2D eigenvalue weighted by atomic mass is 10.2. The summed E-state index contributed by atoms with van der Waals surface area (Å²) in [4.78, 5) is 0. The maximum absolute atomic E-state index is 9.58. The number of hydrogen-bond donors (Lipinski definition) is 3. The molecule has 0 aliphatic heterocycles. The number of nitrogens with one attached hydrogen (secondary N) is 2. The molecule has 1 aromatic rings. The zero-order chi connectivity index (χ0) is 11.8. The zero-order valence-corrected chi connectivity index (χ0v) is 11.2. The summed E-state index contributed by atoms with van der Waals surface area (Å²) in [6.07, 6.45) is 1.25. The van der Waals surface area contributed by atoms with E-state index in [1.165, 1.54) is 0 Å². The molecule has 1 atom stereocenters. The van der Waals surface area contributed by atoms with Gasteiger partial charge in [-0.3, -0.25) is 5.10 Å². The number of halogens is 1. The van der Waals surface area contributed by atoms with Crippen molar-refractivity contribution in [3.63, 3.8) is 0 Å². The molecule has 0 saturated carbocycles. The molecule has 0 radical (unpaired) electrons. The van der Waals surface area contributed by atoms with Crippen molar-refractivity contribution in [1.82, 2.24) is 15.5 Å². The summed E-state index contributed by atoms with van der Waals surface area (Å²) in [7, 11) is 0. The van der Waals surface area contributed by atoms with Crippen LogP contribution in [0.25, 0.3) is 0 Å². The highest BCUT2D eigenvalue weighted by Gasteiger charge is 2.04. The van der Waals surface area contributed by atoms with Crippen LogP contribution >= 0.6 is 12.4 Å². The molecular formula is C11H22ClN3O2. The maximum Gasteiger partial charge on any atom is 0.0897 e. The van der Waals surface area contributed by atoms with Gasteiger partial charge in [-0.15, -0.1) is 12.4 Å². The van der Waals surface area contributed by atoms with E-state index in [-0.39, 0.29) is 12.4 Å². The molecule has 17 heavy (non-hydrogen) atoms. The topological polar surface area (TPSA) is 70.2 Å². The van der Waals surface area contributed by atoms with E-state index in [4.69, 9.17) is 4.74 Å². The molecule has 0 amide bonds. The SMILES string of the molecule is CC(C)COCC(O)CNCc1ccn[nH]1.Cl. The minimum absolute atomic E-state index is 0. The normalized spacial score (nSPS) is 12.5. The van der Waals surface area contributed by atoms with Crippen molar-refractivity contribution in [1.29, 1.82) is 0 Å². The van der Waals surface area contributed by atoms with Gasteiger partial charge in [0.1, 0.15) is 0 Å². The van der Waals surface area contributed by atoms with Crippen molar-refractivity contribution in [2.45, 2.75) is 26.5 Å². The van der Waals surface area contributed by atoms with Gasteiger partial charge in [-0.05, 0) is 12.0 Å². The monoisotopic (exact) mass is 263 g/mol. The van der Waals surface area contributed by atoms with Gasteiger partial charge in [0.05, 0.1) is 12.7 Å². The second-order valence-corrected chi connectivity index (χ2v) is 4.30. The first-order valence-electron chi connectivity index (χ1n) is 5.63. The molecule has 0 spiro atoms. The van der Waals surface area contributed by atoms with Crippen LogP contribution in [0.15, 0.2) is 12.3 Å². The van der Waals surface area contributed by atoms with Gasteiger partial charge in [-0.25, -0.2) is 0 Å². The molecule has 0 fully saturated rings. The molecule has 100 valence electrons. The Balaban J connectivity index is 0.00000256. The molecule has 3 N–H and O–H groups in total. The van der Waals surface area contributed by atoms with Gasteiger partial charge in [0.25, 0.3) is 0 Å². The Morgan fingerprint density at radius 1 is 1.47 bits per heavy atom. The third-order valence-corrected chi connectivity index (χ3v) is 2.02. The summed E-state index contributed by atoms with van der Waals surface area (Å²) < 4.78 is 5.33. The summed E-state index contributed by atoms with van der Waals surface area (Å²) in [5.41, 5.74) is 1.01. The number of aliphatic hydroxyl groups is 1. The Kier molecular flexibility index (Phi) is 9.07. The van der Waals surface area contributed by atoms with E-state index < -0.39 is 6.10 Å². The van der Waals surface area contributed by atoms with Crippen LogP contribution in [0.2, 0.25) is 0 Å². The smallest absolute Gasteiger partial charge is 0.0897 e. The number of aromatic nitrogens is 2. The number of H-pyrrole nitrogens is 1. The maximum atomic E-state index is 9.58. The van der Waals surface area contributed by atoms with Gasteiger partial charge in [0.2, 0.25) is 0 Å². The average Bonchev–Trinajstić information content (AvgIpc) is 2.70. The molecule has 1 unspecified atom stereocenters. The Bertz CT molecular complexity index is 268. The van der Waals surface area contributed by atoms with Crippen LogP contribution in [-0.4, -0.2) is 41.2 Å². The molecule has 1 rings (SSSR count). The Labute approximate surface area is 108 Å². The van der Waals surface area contributed by atoms with E-state index in [0.717, 1.165) is 5.69 Å². The van der Waals surface area contributed by atoms with Crippen LogP contribution in [0.1, 0.15) is 19.5 Å². The summed E-state index contributed by atoms with van der Waals surface area (Å²) in [5.74, 6) is 0.505. The van der Waals surface area contributed by atoms with Crippen LogP contribution in [0.5, 0.6) is 0 Å². The number of hydrogen-bond acceptors (Lipinski definition) is 4. The Morgan fingerprint density at radius 2 is 2.24 bits per heavy atom. The standard InChI is InChI=1S/C11H21N3O2.ClH/c1-9(2)7-16-8-11(15)6-12-5-10-3-4-13-14-10;/h3-4,9,11-12,15H,5-8H2,1-2H3,(H,13,14);1H. The fraction of sp³-hybridized carbons (Fsp3) is 0.727. The predicted molar refractivity (Wildman–Crippen MR) is 69.2 cm³/mol. The van der Waals surface area contributed by atoms with Crippen LogP contribution in [0.3, 0.4) is 0 Å². The molecule has 1 heterocycles. The van der Waals surface area contributed by atoms with Gasteiger partial charge in [0, 0.05) is 31.6 Å². The summed E-state index contributed by atoms with van der Waals surface area (Å²) >= 11 is 0. The lowest BCUT2D eigenvalue weighted by Gasteiger charge is -2.13. The second-order valence-electron chi connectivity index (χ2n) is 4.30. The van der Waals surface area contributed by atoms with E-state index in [1.54, 1.807) is 6.20 Å². The van der Waals surface area contributed by atoms with Gasteiger partial charge in [-0.2, -0.15) is 5.10 Å². The predicted octanol–water partition coefficient (Wildman–Crippen LogP) is 0.955. The molecule has 5 nitrogen and oxygen atoms in total. The van der Waals surface area contributed by atoms with Gasteiger partial charge >= 0.3 is 0 Å². The molecule has 0 aromatic carbocycles. The van der Waals surface area contributed by atoms with Gasteiger partial charge < -0.3 is 15.2 Å². The number of rotatable bonds is 8. The quantitative estimate of drug-likeness (QED) is 0.653. The van der Waals surface area contributed by atoms with Crippen molar-refractivity contribution in [3.05, 3.63) is 18.0 Å². The van der Waals surface area contributed by atoms with Crippen LogP contribution in [-0.2, 0) is 11.3 Å². The van der Waals surface area contributed by atoms with E-state index in [0.29, 0.717) is 32.2 Å². The highest BCUT2D eigenvalue weighted by atomic mass is 35.5. The number of ether oxygens (including phenoxy) is 1. The minimum Gasteiger partial charge on any atom is -0.389 e. The third kappa shape index (κ3) is 8.15. The van der Waals surface area contributed by atoms with Crippen molar-refractivity contribution in [2.75, 3.05) is 19.8 Å². The summed E-state index contributed by atoms with van der Waals surface area (Å²) in [5, 5.41) is 19.4. The summed E-state index contributed by atoms with van der Waals surface area (Å²) in [6.45, 7) is 6.45. The van der Waals surface area contributed by atoms with E-state index >= 15 is 0 Å². The molecule has 0 aliphatic carbocycles. The molecule has 6 heteroatoms. The van der Waals surface area contributed by atoms with Crippen LogP contribution in [0, 0.1) is 5.92 Å². The van der Waals surface area contributed by atoms with Crippen molar-refractivity contribution >= 4 is 12.4 Å². The third-order valence-electron chi connectivity index (χ3n) is 2.02. The van der Waals surface area contributed by atoms with Crippen molar-refractivity contribution < 1.29 is 9.84 Å². The zero-order valence-electron chi connectivity index (χ0n) is 10.3. The van der Waals surface area contributed by atoms with Crippen molar-refractivity contribution in [2.24, 2.45) is 5.92 Å². The molecule has 0 saturated heterocycles. The largest absolute Gasteiger partial charge is 0.389 e. The number of nitrogens with zero attached hydrogens (tertiary/aromatic N) is 1. The Morgan fingerprint density at radius 3 is 2.82 bits per heavy atom. The fourth-order valence-electron chi connectivity index (χ4n) is 1.26. The molecule has 0 bridgehead atoms. The summed E-state index contributed by atoms with van der Waals surface area (Å²) in [6, 6.07) is 1.90. The van der Waals surface area contributed by atoms with E-state index in [9.17, 15) is 5.11 Å². The fourth-order valence-corrected chi connectivity index (χ4v) is 1.26. The molecule has 1 aromatic heterocycles. The van der Waals surface area contributed by atoms with Gasteiger partial charge in [-0.1, -0.05) is 13.8 Å². The highest BCUT2D eigenvalue weighted by molar-refractivity contribution is 5.85. The first kappa shape index (κ1) is 16.4. The minimum atomic E-state index is -0.457. The first-order chi connectivity index (χ1) is 7.68.